The average molecular weight is 418 g/mol. The normalized spacial score (nSPS) is 11.7. The van der Waals surface area contributed by atoms with Crippen molar-refractivity contribution in [1.82, 2.24) is 19.7 Å². The number of carbonyl (C=O) groups is 1. The molecule has 0 saturated heterocycles. The summed E-state index contributed by atoms with van der Waals surface area (Å²) in [6.45, 7) is 5.92. The maximum atomic E-state index is 11.8. The molecule has 22 heavy (non-hydrogen) atoms. The molecule has 0 saturated carbocycles. The Morgan fingerprint density at radius 1 is 1.36 bits per heavy atom. The van der Waals surface area contributed by atoms with Crippen molar-refractivity contribution in [3.63, 3.8) is 0 Å². The van der Waals surface area contributed by atoms with Gasteiger partial charge < -0.3 is 9.47 Å². The van der Waals surface area contributed by atoms with Crippen molar-refractivity contribution >= 4 is 39.6 Å². The minimum Gasteiger partial charge on any atom is -0.479 e. The molecular weight excluding hydrogens is 399 g/mol. The largest absolute Gasteiger partial charge is 0.479 e. The quantitative estimate of drug-likeness (QED) is 0.422. The Labute approximate surface area is 142 Å². The van der Waals surface area contributed by atoms with Crippen molar-refractivity contribution in [2.45, 2.75) is 43.8 Å². The lowest BCUT2D eigenvalue weighted by Gasteiger charge is -2.19. The highest BCUT2D eigenvalue weighted by atomic mass is 127. The summed E-state index contributed by atoms with van der Waals surface area (Å²) < 4.78 is 13.0. The van der Waals surface area contributed by atoms with Gasteiger partial charge in [-0.2, -0.15) is 10.1 Å². The summed E-state index contributed by atoms with van der Waals surface area (Å²) >= 11 is 2.19. The molecule has 0 aliphatic heterocycles. The Hall–Kier alpha value is -1.45. The Bertz CT molecular complexity index is 679. The first-order chi connectivity index (χ1) is 10.3. The molecule has 0 bridgehead atoms. The molecule has 0 unspecified atom stereocenters. The van der Waals surface area contributed by atoms with Gasteiger partial charge in [-0.1, -0.05) is 22.6 Å². The number of halogens is 1. The van der Waals surface area contributed by atoms with E-state index in [-0.39, 0.29) is 12.4 Å². The molecule has 2 heterocycles. The fourth-order valence-corrected chi connectivity index (χ4v) is 2.31. The Morgan fingerprint density at radius 3 is 2.68 bits per heavy atom. The maximum absolute atomic E-state index is 11.8. The van der Waals surface area contributed by atoms with Gasteiger partial charge in [0.05, 0.1) is 30.7 Å². The van der Waals surface area contributed by atoms with Gasteiger partial charge in [0, 0.05) is 0 Å². The van der Waals surface area contributed by atoms with Crippen LogP contribution in [0.1, 0.15) is 33.0 Å². The van der Waals surface area contributed by atoms with Crippen LogP contribution >= 0.6 is 22.6 Å². The number of methoxy groups -OCH3 is 1. The molecule has 0 fully saturated rings. The number of aromatic nitrogens is 4. The number of alkyl halides is 1. The standard InChI is InChI=1S/C14H19IN4O3/c1-14(2,3)22-11(20)5-6-19-12-9(8-16-19)17-10(7-15)18-13(12)21-4/h8H,5-7H2,1-4H3. The molecule has 0 atom stereocenters. The molecule has 2 aromatic heterocycles. The summed E-state index contributed by atoms with van der Waals surface area (Å²) in [5.41, 5.74) is 0.918. The fraction of sp³-hybridized carbons (Fsp3) is 0.571. The number of aryl methyl sites for hydroxylation is 1. The third kappa shape index (κ3) is 4.05. The Kier molecular flexibility index (Phi) is 5.20. The van der Waals surface area contributed by atoms with E-state index in [4.69, 9.17) is 9.47 Å². The van der Waals surface area contributed by atoms with Gasteiger partial charge in [0.15, 0.2) is 0 Å². The van der Waals surface area contributed by atoms with Gasteiger partial charge in [0.1, 0.15) is 22.5 Å². The molecule has 2 rings (SSSR count). The van der Waals surface area contributed by atoms with Crippen LogP contribution in [-0.4, -0.2) is 38.4 Å². The van der Waals surface area contributed by atoms with Gasteiger partial charge in [-0.25, -0.2) is 4.98 Å². The first kappa shape index (κ1) is 16.9. The molecule has 0 aromatic carbocycles. The van der Waals surface area contributed by atoms with Crippen LogP contribution in [0.15, 0.2) is 6.20 Å². The van der Waals surface area contributed by atoms with Crippen molar-refractivity contribution in [3.8, 4) is 5.88 Å². The smallest absolute Gasteiger partial charge is 0.308 e. The monoisotopic (exact) mass is 418 g/mol. The lowest BCUT2D eigenvalue weighted by Crippen LogP contribution is -2.24. The topological polar surface area (TPSA) is 79.1 Å². The third-order valence-corrected chi connectivity index (χ3v) is 3.45. The zero-order valence-electron chi connectivity index (χ0n) is 13.1. The van der Waals surface area contributed by atoms with E-state index in [0.29, 0.717) is 33.7 Å². The zero-order chi connectivity index (χ0) is 16.3. The van der Waals surface area contributed by atoms with Gasteiger partial charge in [-0.15, -0.1) is 0 Å². The second-order valence-corrected chi connectivity index (χ2v) is 6.48. The highest BCUT2D eigenvalue weighted by Crippen LogP contribution is 2.23. The summed E-state index contributed by atoms with van der Waals surface area (Å²) in [5.74, 6) is 0.898. The summed E-state index contributed by atoms with van der Waals surface area (Å²) in [6.07, 6.45) is 1.88. The van der Waals surface area contributed by atoms with Crippen molar-refractivity contribution in [3.05, 3.63) is 12.0 Å². The van der Waals surface area contributed by atoms with E-state index in [2.05, 4.69) is 37.7 Å². The molecule has 0 aliphatic carbocycles. The van der Waals surface area contributed by atoms with E-state index in [1.807, 2.05) is 20.8 Å². The SMILES string of the molecule is COc1nc(CI)nc2cnn(CCC(=O)OC(C)(C)C)c12. The lowest BCUT2D eigenvalue weighted by molar-refractivity contribution is -0.155. The van der Waals surface area contributed by atoms with Gasteiger partial charge in [-0.05, 0) is 20.8 Å². The van der Waals surface area contributed by atoms with Crippen molar-refractivity contribution in [2.24, 2.45) is 0 Å². The summed E-state index contributed by atoms with van der Waals surface area (Å²) in [6, 6.07) is 0. The lowest BCUT2D eigenvalue weighted by atomic mass is 10.2. The molecule has 0 spiro atoms. The molecule has 0 aliphatic rings. The summed E-state index contributed by atoms with van der Waals surface area (Å²) in [7, 11) is 1.56. The number of rotatable bonds is 5. The van der Waals surface area contributed by atoms with Crippen LogP contribution in [0.2, 0.25) is 0 Å². The van der Waals surface area contributed by atoms with E-state index >= 15 is 0 Å². The van der Waals surface area contributed by atoms with Crippen LogP contribution in [0, 0.1) is 0 Å². The predicted molar refractivity (Wildman–Crippen MR) is 90.1 cm³/mol. The van der Waals surface area contributed by atoms with Gasteiger partial charge in [0.2, 0.25) is 5.88 Å². The van der Waals surface area contributed by atoms with Crippen LogP contribution < -0.4 is 4.74 Å². The van der Waals surface area contributed by atoms with Crippen molar-refractivity contribution in [1.29, 1.82) is 0 Å². The number of esters is 1. The number of fused-ring (bicyclic) bond motifs is 1. The number of hydrogen-bond donors (Lipinski definition) is 0. The van der Waals surface area contributed by atoms with E-state index in [9.17, 15) is 4.79 Å². The van der Waals surface area contributed by atoms with Gasteiger partial charge >= 0.3 is 5.97 Å². The zero-order valence-corrected chi connectivity index (χ0v) is 15.2. The number of carbonyl (C=O) groups excluding carboxylic acids is 1. The van der Waals surface area contributed by atoms with Crippen LogP contribution in [-0.2, 0) is 20.5 Å². The number of ether oxygens (including phenoxy) is 2. The van der Waals surface area contributed by atoms with Crippen LogP contribution in [0.5, 0.6) is 5.88 Å². The Balaban J connectivity index is 2.20. The molecule has 7 nitrogen and oxygen atoms in total. The van der Waals surface area contributed by atoms with Crippen LogP contribution in [0.25, 0.3) is 11.0 Å². The first-order valence-corrected chi connectivity index (χ1v) is 8.41. The summed E-state index contributed by atoms with van der Waals surface area (Å²) in [4.78, 5) is 20.6. The molecule has 8 heteroatoms. The molecule has 0 amide bonds. The molecule has 2 aromatic rings. The molecule has 0 radical (unpaired) electrons. The number of hydrogen-bond acceptors (Lipinski definition) is 6. The van der Waals surface area contributed by atoms with E-state index in [0.717, 1.165) is 0 Å². The predicted octanol–water partition coefficient (Wildman–Crippen LogP) is 2.50. The number of nitrogens with zero attached hydrogens (tertiary/aromatic N) is 4. The van der Waals surface area contributed by atoms with E-state index in [1.165, 1.54) is 0 Å². The molecule has 120 valence electrons. The van der Waals surface area contributed by atoms with Gasteiger partial charge in [0.25, 0.3) is 0 Å². The second kappa shape index (κ2) is 6.76. The average Bonchev–Trinajstić information content (AvgIpc) is 2.85. The highest BCUT2D eigenvalue weighted by molar-refractivity contribution is 14.1. The van der Waals surface area contributed by atoms with E-state index < -0.39 is 5.60 Å². The highest BCUT2D eigenvalue weighted by Gasteiger charge is 2.18. The molecular formula is C14H19IN4O3. The van der Waals surface area contributed by atoms with Gasteiger partial charge in [-0.3, -0.25) is 9.48 Å². The van der Waals surface area contributed by atoms with E-state index in [1.54, 1.807) is 18.0 Å². The minimum absolute atomic E-state index is 0.227. The first-order valence-electron chi connectivity index (χ1n) is 6.88. The Morgan fingerprint density at radius 2 is 2.09 bits per heavy atom. The fourth-order valence-electron chi connectivity index (χ4n) is 1.97. The van der Waals surface area contributed by atoms with Crippen molar-refractivity contribution in [2.75, 3.05) is 7.11 Å². The minimum atomic E-state index is -0.487. The van der Waals surface area contributed by atoms with Crippen LogP contribution in [0.4, 0.5) is 0 Å². The van der Waals surface area contributed by atoms with Crippen LogP contribution in [0.3, 0.4) is 0 Å². The third-order valence-electron chi connectivity index (χ3n) is 2.76. The second-order valence-electron chi connectivity index (χ2n) is 5.72. The summed E-state index contributed by atoms with van der Waals surface area (Å²) in [5, 5.41) is 4.27. The maximum Gasteiger partial charge on any atom is 0.308 e. The van der Waals surface area contributed by atoms with Crippen molar-refractivity contribution < 1.29 is 14.3 Å². The molecule has 0 N–H and O–H groups in total.